The number of Topliss-reactive ketones (excluding diaryl/α,β-unsaturated/α-hetero) is 1. The van der Waals surface area contributed by atoms with Gasteiger partial charge in [-0.1, -0.05) is 96.5 Å². The molecule has 6 aromatic rings. The van der Waals surface area contributed by atoms with Crippen LogP contribution in [0.2, 0.25) is 0 Å². The smallest absolute Gasteiger partial charge is 0.375 e. The van der Waals surface area contributed by atoms with Crippen LogP contribution >= 0.6 is 27.7 Å². The van der Waals surface area contributed by atoms with Gasteiger partial charge in [-0.3, -0.25) is 4.79 Å². The van der Waals surface area contributed by atoms with Gasteiger partial charge in [0, 0.05) is 61.3 Å². The van der Waals surface area contributed by atoms with E-state index in [1.54, 1.807) is 11.8 Å². The van der Waals surface area contributed by atoms with E-state index >= 15 is 0 Å². The van der Waals surface area contributed by atoms with Crippen LogP contribution in [0.25, 0.3) is 17.2 Å². The first-order chi connectivity index (χ1) is 27.7. The van der Waals surface area contributed by atoms with Gasteiger partial charge in [0.15, 0.2) is 12.3 Å². The van der Waals surface area contributed by atoms with Gasteiger partial charge >= 0.3 is 5.89 Å². The van der Waals surface area contributed by atoms with Crippen LogP contribution < -0.4 is 14.2 Å². The Hall–Kier alpha value is -5.19. The van der Waals surface area contributed by atoms with Gasteiger partial charge < -0.3 is 23.9 Å². The Kier molecular flexibility index (Phi) is 11.3. The lowest BCUT2D eigenvalue weighted by Crippen LogP contribution is -2.36. The largest absolute Gasteiger partial charge is 0.457 e. The highest BCUT2D eigenvalue weighted by Gasteiger charge is 2.43. The number of para-hydroxylation sites is 1. The average molecular weight is 841 g/mol. The molecule has 57 heavy (non-hydrogen) atoms. The third-order valence-corrected chi connectivity index (χ3v) is 12.1. The normalized spacial score (nSPS) is 16.2. The van der Waals surface area contributed by atoms with Crippen LogP contribution in [0.1, 0.15) is 42.0 Å². The van der Waals surface area contributed by atoms with Crippen LogP contribution in [-0.4, -0.2) is 37.3 Å². The lowest BCUT2D eigenvalue weighted by molar-refractivity contribution is -0.669. The van der Waals surface area contributed by atoms with Gasteiger partial charge in [-0.25, -0.2) is 0 Å². The van der Waals surface area contributed by atoms with Gasteiger partial charge in [-0.2, -0.15) is 4.57 Å². The minimum absolute atomic E-state index is 0.0241. The molecule has 0 radical (unpaired) electrons. The van der Waals surface area contributed by atoms with Gasteiger partial charge in [-0.05, 0) is 78.2 Å². The lowest BCUT2D eigenvalue weighted by atomic mass is 9.81. The van der Waals surface area contributed by atoms with Crippen molar-refractivity contribution >= 4 is 56.3 Å². The number of oxazole rings is 1. The number of nitrogens with zero attached hydrogens (tertiary/aromatic N) is 2. The number of allylic oxidation sites excluding steroid dienone is 4. The number of ether oxygens (including phenoxy) is 2. The molecular formula is C48H44BrN2O5S+. The predicted molar refractivity (Wildman–Crippen MR) is 231 cm³/mol. The fourth-order valence-corrected chi connectivity index (χ4v) is 8.94. The Bertz CT molecular complexity index is 2520. The Morgan fingerprint density at radius 2 is 1.60 bits per heavy atom. The molecule has 0 saturated heterocycles. The molecule has 0 fully saturated rings. The average Bonchev–Trinajstić information content (AvgIpc) is 3.65. The van der Waals surface area contributed by atoms with E-state index in [0.717, 1.165) is 60.1 Å². The molecule has 0 bridgehead atoms. The first kappa shape index (κ1) is 38.7. The predicted octanol–water partition coefficient (Wildman–Crippen LogP) is 10.5. The number of rotatable bonds is 14. The van der Waals surface area contributed by atoms with Crippen LogP contribution in [0.4, 0.5) is 5.69 Å². The Labute approximate surface area is 346 Å². The summed E-state index contributed by atoms with van der Waals surface area (Å²) in [6.45, 7) is 8.30. The van der Waals surface area contributed by atoms with Crippen molar-refractivity contribution in [2.75, 3.05) is 31.3 Å². The maximum atomic E-state index is 14.5. The number of carbonyl (C=O) groups is 1. The summed E-state index contributed by atoms with van der Waals surface area (Å²) in [5, 5.41) is 9.36. The summed E-state index contributed by atoms with van der Waals surface area (Å²) in [7, 11) is 0. The highest BCUT2D eigenvalue weighted by atomic mass is 79.9. The van der Waals surface area contributed by atoms with E-state index in [1.165, 1.54) is 5.56 Å². The van der Waals surface area contributed by atoms with Crippen molar-refractivity contribution in [2.45, 2.75) is 38.5 Å². The number of thioether (sulfide) groups is 1. The van der Waals surface area contributed by atoms with E-state index in [-0.39, 0.29) is 19.0 Å². The van der Waals surface area contributed by atoms with Crippen molar-refractivity contribution in [3.05, 3.63) is 182 Å². The van der Waals surface area contributed by atoms with Gasteiger partial charge in [0.2, 0.25) is 5.58 Å². The summed E-state index contributed by atoms with van der Waals surface area (Å²) < 4.78 is 21.5. The van der Waals surface area contributed by atoms with E-state index in [1.807, 2.05) is 78.9 Å². The van der Waals surface area contributed by atoms with Gasteiger partial charge in [-0.15, -0.1) is 11.8 Å². The summed E-state index contributed by atoms with van der Waals surface area (Å²) in [4.78, 5) is 17.7. The van der Waals surface area contributed by atoms with Crippen molar-refractivity contribution in [1.82, 2.24) is 0 Å². The number of ketones is 1. The van der Waals surface area contributed by atoms with E-state index in [0.29, 0.717) is 42.5 Å². The molecule has 1 aliphatic heterocycles. The van der Waals surface area contributed by atoms with Crippen LogP contribution in [0.15, 0.2) is 158 Å². The number of halogens is 1. The molecule has 7 nitrogen and oxygen atoms in total. The molecule has 1 aromatic heterocycles. The van der Waals surface area contributed by atoms with E-state index in [2.05, 4.69) is 101 Å². The summed E-state index contributed by atoms with van der Waals surface area (Å²) in [5.41, 5.74) is 9.26. The SMILES string of the molecule is Cc1ccc2c(c1)oc(C=C1C(=O)C(C=C3N(CCOCCO)c4ccc(Br)cc4C3(C)C)=C1SCc1ccc(Oc3ccccc3)cc1)[n+]2Cc1ccccc1. The standard InChI is InChI=1S/C48H44BrN2O5S/c1-32-14-20-42-43(26-32)56-45(51(42)30-33-10-6-4-7-11-33)29-39-46(53)38(47(39)57-31-34-15-18-37(19-16-34)55-36-12-8-5-9-13-36)28-44-48(2,3)40-27-35(49)17-21-41(40)50(44)22-24-54-25-23-52/h4-21,26-29,52H,22-25,30-31H2,1-3H3/q+1. The summed E-state index contributed by atoms with van der Waals surface area (Å²) in [5.74, 6) is 2.80. The number of hydrogen-bond acceptors (Lipinski definition) is 7. The number of hydrogen-bond donors (Lipinski definition) is 1. The van der Waals surface area contributed by atoms with Gasteiger partial charge in [0.05, 0.1) is 25.9 Å². The highest BCUT2D eigenvalue weighted by molar-refractivity contribution is 9.10. The highest BCUT2D eigenvalue weighted by Crippen LogP contribution is 2.51. The molecule has 2 aliphatic rings. The molecule has 288 valence electrons. The van der Waals surface area contributed by atoms with Crippen LogP contribution in [0.5, 0.6) is 11.5 Å². The third-order valence-electron chi connectivity index (χ3n) is 10.4. The van der Waals surface area contributed by atoms with E-state index in [4.69, 9.17) is 13.9 Å². The number of aryl methyl sites for hydroxylation is 1. The van der Waals surface area contributed by atoms with Crippen LogP contribution in [-0.2, 0) is 27.2 Å². The zero-order valence-corrected chi connectivity index (χ0v) is 34.6. The molecule has 0 atom stereocenters. The number of anilines is 1. The number of fused-ring (bicyclic) bond motifs is 2. The molecule has 9 heteroatoms. The summed E-state index contributed by atoms with van der Waals surface area (Å²) >= 11 is 5.34. The molecule has 0 amide bonds. The second kappa shape index (κ2) is 16.7. The van der Waals surface area contributed by atoms with Gasteiger partial charge in [0.25, 0.3) is 5.52 Å². The Morgan fingerprint density at radius 1 is 0.860 bits per heavy atom. The molecule has 1 aliphatic carbocycles. The van der Waals surface area contributed by atoms with Gasteiger partial charge in [0.1, 0.15) is 11.5 Å². The fourth-order valence-electron chi connectivity index (χ4n) is 7.47. The molecular weight excluding hydrogens is 797 g/mol. The first-order valence-electron chi connectivity index (χ1n) is 19.1. The fraction of sp³-hybridized carbons (Fsp3) is 0.208. The van der Waals surface area contributed by atoms with Crippen molar-refractivity contribution in [2.24, 2.45) is 0 Å². The minimum Gasteiger partial charge on any atom is -0.457 e. The third kappa shape index (κ3) is 8.16. The minimum atomic E-state index is -0.400. The molecule has 0 spiro atoms. The molecule has 5 aromatic carbocycles. The molecule has 8 rings (SSSR count). The van der Waals surface area contributed by atoms with Crippen LogP contribution in [0, 0.1) is 6.92 Å². The summed E-state index contributed by atoms with van der Waals surface area (Å²) in [6.07, 6.45) is 4.01. The second-order valence-corrected chi connectivity index (χ2v) is 16.7. The van der Waals surface area contributed by atoms with Crippen molar-refractivity contribution in [1.29, 1.82) is 0 Å². The maximum Gasteiger partial charge on any atom is 0.375 e. The zero-order valence-electron chi connectivity index (χ0n) is 32.2. The molecule has 2 heterocycles. The van der Waals surface area contributed by atoms with Crippen LogP contribution in [0.3, 0.4) is 0 Å². The van der Waals surface area contributed by atoms with E-state index in [9.17, 15) is 9.90 Å². The number of aliphatic hydroxyl groups excluding tert-OH is 1. The molecule has 1 N–H and O–H groups in total. The van der Waals surface area contributed by atoms with E-state index < -0.39 is 5.41 Å². The second-order valence-electron chi connectivity index (χ2n) is 14.8. The number of aliphatic hydroxyl groups is 1. The first-order valence-corrected chi connectivity index (χ1v) is 20.9. The number of carbonyl (C=O) groups excluding carboxylic acids is 1. The quantitative estimate of drug-likeness (QED) is 0.0665. The maximum absolute atomic E-state index is 14.5. The Balaban J connectivity index is 1.19. The van der Waals surface area contributed by atoms with Crippen molar-refractivity contribution in [3.63, 3.8) is 0 Å². The lowest BCUT2D eigenvalue weighted by Gasteiger charge is -2.30. The molecule has 0 saturated carbocycles. The summed E-state index contributed by atoms with van der Waals surface area (Å²) in [6, 6.07) is 40.7. The zero-order chi connectivity index (χ0) is 39.5. The number of benzene rings is 5. The molecule has 0 unspecified atom stereocenters. The Morgan fingerprint density at radius 3 is 2.35 bits per heavy atom. The van der Waals surface area contributed by atoms with Crippen molar-refractivity contribution < 1.29 is 28.4 Å². The topological polar surface area (TPSA) is 76.0 Å². The monoisotopic (exact) mass is 839 g/mol. The number of aromatic nitrogens is 1. The van der Waals surface area contributed by atoms with Crippen molar-refractivity contribution in [3.8, 4) is 11.5 Å².